The molecular weight excluding hydrogens is 314 g/mol. The Labute approximate surface area is 139 Å². The van der Waals surface area contributed by atoms with Gasteiger partial charge in [-0.05, 0) is 49.1 Å². The van der Waals surface area contributed by atoms with Crippen molar-refractivity contribution in [2.24, 2.45) is 0 Å². The number of nitrogens with zero attached hydrogens (tertiary/aromatic N) is 2. The van der Waals surface area contributed by atoms with Crippen LogP contribution in [0, 0.1) is 0 Å². The van der Waals surface area contributed by atoms with Gasteiger partial charge < -0.3 is 5.32 Å². The minimum Gasteiger partial charge on any atom is -0.367 e. The first-order chi connectivity index (χ1) is 10.7. The molecular formula is C17H18ClN3S. The van der Waals surface area contributed by atoms with Gasteiger partial charge in [-0.3, -0.25) is 0 Å². The van der Waals surface area contributed by atoms with E-state index in [2.05, 4.69) is 35.6 Å². The number of hydrogen-bond acceptors (Lipinski definition) is 4. The summed E-state index contributed by atoms with van der Waals surface area (Å²) in [5, 5.41) is 7.39. The first-order valence-corrected chi connectivity index (χ1v) is 8.71. The number of fused-ring (bicyclic) bond motifs is 1. The van der Waals surface area contributed by atoms with Crippen molar-refractivity contribution in [3.05, 3.63) is 40.7 Å². The Morgan fingerprint density at radius 2 is 1.95 bits per heavy atom. The maximum absolute atomic E-state index is 5.96. The number of anilines is 1. The van der Waals surface area contributed by atoms with Gasteiger partial charge in [0, 0.05) is 16.6 Å². The summed E-state index contributed by atoms with van der Waals surface area (Å²) < 4.78 is 0. The van der Waals surface area contributed by atoms with Crippen LogP contribution in [0.2, 0.25) is 5.02 Å². The topological polar surface area (TPSA) is 37.8 Å². The van der Waals surface area contributed by atoms with Gasteiger partial charge in [-0.25, -0.2) is 9.97 Å². The fourth-order valence-corrected chi connectivity index (χ4v) is 3.32. The van der Waals surface area contributed by atoms with E-state index < -0.39 is 0 Å². The molecule has 114 valence electrons. The van der Waals surface area contributed by atoms with E-state index in [0.717, 1.165) is 45.3 Å². The molecule has 0 bridgehead atoms. The van der Waals surface area contributed by atoms with E-state index in [1.54, 1.807) is 11.3 Å². The summed E-state index contributed by atoms with van der Waals surface area (Å²) in [7, 11) is 0. The van der Waals surface area contributed by atoms with Gasteiger partial charge in [0.1, 0.15) is 10.6 Å². The number of hydrogen-bond donors (Lipinski definition) is 1. The third-order valence-electron chi connectivity index (χ3n) is 3.53. The lowest BCUT2D eigenvalue weighted by molar-refractivity contribution is 0.688. The Kier molecular flexibility index (Phi) is 4.60. The number of nitrogens with one attached hydrogen (secondary N) is 1. The standard InChI is InChI=1S/C17H18ClN3S/c1-3-4-11(2)19-16-14-9-10-22-17(14)21-15(20-16)12-5-7-13(18)8-6-12/h5-11H,3-4H2,1-2H3,(H,19,20,21). The number of halogens is 1. The van der Waals surface area contributed by atoms with Crippen LogP contribution in [0.3, 0.4) is 0 Å². The summed E-state index contributed by atoms with van der Waals surface area (Å²) in [5.41, 5.74) is 0.978. The SMILES string of the molecule is CCCC(C)Nc1nc(-c2ccc(Cl)cc2)nc2sccc12. The van der Waals surface area contributed by atoms with Crippen LogP contribution in [-0.2, 0) is 0 Å². The second kappa shape index (κ2) is 6.63. The van der Waals surface area contributed by atoms with E-state index in [-0.39, 0.29) is 0 Å². The van der Waals surface area contributed by atoms with E-state index in [1.165, 1.54) is 0 Å². The van der Waals surface area contributed by atoms with Crippen LogP contribution in [0.5, 0.6) is 0 Å². The van der Waals surface area contributed by atoms with Crippen molar-refractivity contribution in [1.82, 2.24) is 9.97 Å². The van der Waals surface area contributed by atoms with Crippen molar-refractivity contribution in [3.63, 3.8) is 0 Å². The molecule has 0 radical (unpaired) electrons. The largest absolute Gasteiger partial charge is 0.367 e. The summed E-state index contributed by atoms with van der Waals surface area (Å²) in [5.74, 6) is 1.65. The molecule has 3 rings (SSSR count). The zero-order valence-corrected chi connectivity index (χ0v) is 14.2. The van der Waals surface area contributed by atoms with Crippen molar-refractivity contribution in [2.75, 3.05) is 5.32 Å². The fourth-order valence-electron chi connectivity index (χ4n) is 2.43. The van der Waals surface area contributed by atoms with Gasteiger partial charge in [-0.1, -0.05) is 24.9 Å². The Morgan fingerprint density at radius 3 is 2.68 bits per heavy atom. The van der Waals surface area contributed by atoms with E-state index >= 15 is 0 Å². The summed E-state index contributed by atoms with van der Waals surface area (Å²) in [6.07, 6.45) is 2.27. The van der Waals surface area contributed by atoms with E-state index in [0.29, 0.717) is 6.04 Å². The van der Waals surface area contributed by atoms with Crippen LogP contribution in [-0.4, -0.2) is 16.0 Å². The second-order valence-electron chi connectivity index (χ2n) is 5.38. The summed E-state index contributed by atoms with van der Waals surface area (Å²) >= 11 is 7.60. The molecule has 22 heavy (non-hydrogen) atoms. The van der Waals surface area contributed by atoms with Gasteiger partial charge in [0.05, 0.1) is 5.39 Å². The average Bonchev–Trinajstić information content (AvgIpc) is 2.97. The summed E-state index contributed by atoms with van der Waals surface area (Å²) in [6, 6.07) is 10.1. The minimum atomic E-state index is 0.390. The zero-order chi connectivity index (χ0) is 15.5. The average molecular weight is 332 g/mol. The molecule has 1 unspecified atom stereocenters. The van der Waals surface area contributed by atoms with Gasteiger partial charge in [0.15, 0.2) is 5.82 Å². The maximum atomic E-state index is 5.96. The molecule has 1 N–H and O–H groups in total. The first-order valence-electron chi connectivity index (χ1n) is 7.45. The predicted octanol–water partition coefficient (Wildman–Crippen LogP) is 5.61. The highest BCUT2D eigenvalue weighted by Crippen LogP contribution is 2.29. The number of thiophene rings is 1. The molecule has 1 aromatic carbocycles. The molecule has 0 aliphatic carbocycles. The number of aromatic nitrogens is 2. The Bertz CT molecular complexity index is 767. The summed E-state index contributed by atoms with van der Waals surface area (Å²) in [4.78, 5) is 10.4. The van der Waals surface area contributed by atoms with E-state index in [1.807, 2.05) is 24.3 Å². The van der Waals surface area contributed by atoms with Crippen molar-refractivity contribution in [1.29, 1.82) is 0 Å². The molecule has 3 nitrogen and oxygen atoms in total. The molecule has 5 heteroatoms. The fraction of sp³-hybridized carbons (Fsp3) is 0.294. The third kappa shape index (κ3) is 3.23. The van der Waals surface area contributed by atoms with Crippen molar-refractivity contribution < 1.29 is 0 Å². The zero-order valence-electron chi connectivity index (χ0n) is 12.6. The van der Waals surface area contributed by atoms with Gasteiger partial charge in [0.2, 0.25) is 0 Å². The van der Waals surface area contributed by atoms with Crippen LogP contribution < -0.4 is 5.32 Å². The predicted molar refractivity (Wildman–Crippen MR) is 95.9 cm³/mol. The van der Waals surface area contributed by atoms with Crippen LogP contribution in [0.4, 0.5) is 5.82 Å². The minimum absolute atomic E-state index is 0.390. The van der Waals surface area contributed by atoms with E-state index in [9.17, 15) is 0 Å². The smallest absolute Gasteiger partial charge is 0.163 e. The van der Waals surface area contributed by atoms with Crippen LogP contribution in [0.25, 0.3) is 21.6 Å². The highest BCUT2D eigenvalue weighted by atomic mass is 35.5. The molecule has 1 atom stereocenters. The highest BCUT2D eigenvalue weighted by Gasteiger charge is 2.12. The van der Waals surface area contributed by atoms with Gasteiger partial charge in [0.25, 0.3) is 0 Å². The Hall–Kier alpha value is -1.65. The monoisotopic (exact) mass is 331 g/mol. The third-order valence-corrected chi connectivity index (χ3v) is 4.59. The molecule has 0 amide bonds. The molecule has 0 saturated carbocycles. The second-order valence-corrected chi connectivity index (χ2v) is 6.71. The van der Waals surface area contributed by atoms with Crippen LogP contribution in [0.1, 0.15) is 26.7 Å². The van der Waals surface area contributed by atoms with E-state index in [4.69, 9.17) is 16.6 Å². The molecule has 0 saturated heterocycles. The lowest BCUT2D eigenvalue weighted by Crippen LogP contribution is -2.16. The maximum Gasteiger partial charge on any atom is 0.163 e. The lowest BCUT2D eigenvalue weighted by Gasteiger charge is -2.15. The molecule has 2 heterocycles. The van der Waals surface area contributed by atoms with Gasteiger partial charge in [-0.2, -0.15) is 0 Å². The van der Waals surface area contributed by atoms with Crippen molar-refractivity contribution in [3.8, 4) is 11.4 Å². The molecule has 0 aliphatic heterocycles. The lowest BCUT2D eigenvalue weighted by atomic mass is 10.2. The molecule has 0 aliphatic rings. The Balaban J connectivity index is 2.03. The Morgan fingerprint density at radius 1 is 1.18 bits per heavy atom. The van der Waals surface area contributed by atoms with Gasteiger partial charge in [-0.15, -0.1) is 11.3 Å². The number of benzene rings is 1. The molecule has 0 spiro atoms. The normalized spacial score (nSPS) is 12.5. The van der Waals surface area contributed by atoms with Crippen molar-refractivity contribution >= 4 is 39.0 Å². The number of rotatable bonds is 5. The highest BCUT2D eigenvalue weighted by molar-refractivity contribution is 7.16. The van der Waals surface area contributed by atoms with Crippen molar-refractivity contribution in [2.45, 2.75) is 32.7 Å². The summed E-state index contributed by atoms with van der Waals surface area (Å²) in [6.45, 7) is 4.38. The molecule has 0 fully saturated rings. The quantitative estimate of drug-likeness (QED) is 0.660. The molecule has 2 aromatic heterocycles. The van der Waals surface area contributed by atoms with Crippen LogP contribution in [0.15, 0.2) is 35.7 Å². The first kappa shape index (κ1) is 15.3. The van der Waals surface area contributed by atoms with Crippen LogP contribution >= 0.6 is 22.9 Å². The van der Waals surface area contributed by atoms with Gasteiger partial charge >= 0.3 is 0 Å². The molecule has 3 aromatic rings.